The Morgan fingerprint density at radius 3 is 2.33 bits per heavy atom. The number of hydrogen-bond donors (Lipinski definition) is 1. The van der Waals surface area contributed by atoms with Crippen molar-refractivity contribution in [3.8, 4) is 0 Å². The predicted molar refractivity (Wildman–Crippen MR) is 76.5 cm³/mol. The number of halogens is 2. The van der Waals surface area contributed by atoms with Gasteiger partial charge >= 0.3 is 6.09 Å². The summed E-state index contributed by atoms with van der Waals surface area (Å²) in [6.07, 6.45) is 1.46. The zero-order chi connectivity index (χ0) is 15.7. The SMILES string of the molecule is CC(C)(C)OC(=O)N1CCC(CNC2CC(F)(F)C2)CC1. The third-order valence-electron chi connectivity index (χ3n) is 4.05. The van der Waals surface area contributed by atoms with E-state index in [1.165, 1.54) is 0 Å². The average molecular weight is 304 g/mol. The fourth-order valence-electron chi connectivity index (χ4n) is 2.79. The molecule has 1 saturated heterocycles. The third-order valence-corrected chi connectivity index (χ3v) is 4.05. The maximum atomic E-state index is 12.7. The predicted octanol–water partition coefficient (Wildman–Crippen LogP) is 3.02. The van der Waals surface area contributed by atoms with Crippen LogP contribution < -0.4 is 5.32 Å². The molecule has 21 heavy (non-hydrogen) atoms. The van der Waals surface area contributed by atoms with Crippen LogP contribution in [-0.2, 0) is 4.74 Å². The van der Waals surface area contributed by atoms with Crippen molar-refractivity contribution in [1.82, 2.24) is 10.2 Å². The van der Waals surface area contributed by atoms with Crippen molar-refractivity contribution in [2.24, 2.45) is 5.92 Å². The van der Waals surface area contributed by atoms with Crippen molar-refractivity contribution in [3.63, 3.8) is 0 Å². The zero-order valence-corrected chi connectivity index (χ0v) is 13.1. The Morgan fingerprint density at radius 2 is 1.86 bits per heavy atom. The number of hydrogen-bond acceptors (Lipinski definition) is 3. The first-order chi connectivity index (χ1) is 9.65. The van der Waals surface area contributed by atoms with Gasteiger partial charge in [0.2, 0.25) is 0 Å². The Bertz CT molecular complexity index is 366. The summed E-state index contributed by atoms with van der Waals surface area (Å²) in [7, 11) is 0. The summed E-state index contributed by atoms with van der Waals surface area (Å²) in [4.78, 5) is 13.7. The standard InChI is InChI=1S/C15H26F2N2O2/c1-14(2,3)21-13(20)19-6-4-11(5-7-19)10-18-12-8-15(16,17)9-12/h11-12,18H,4-10H2,1-3H3. The van der Waals surface area contributed by atoms with Gasteiger partial charge in [-0.2, -0.15) is 0 Å². The fraction of sp³-hybridized carbons (Fsp3) is 0.933. The van der Waals surface area contributed by atoms with Gasteiger partial charge in [-0.15, -0.1) is 0 Å². The topological polar surface area (TPSA) is 41.6 Å². The molecule has 1 amide bonds. The van der Waals surface area contributed by atoms with Crippen LogP contribution >= 0.6 is 0 Å². The molecule has 0 aromatic carbocycles. The highest BCUT2D eigenvalue weighted by molar-refractivity contribution is 5.68. The largest absolute Gasteiger partial charge is 0.444 e. The van der Waals surface area contributed by atoms with Crippen molar-refractivity contribution < 1.29 is 18.3 Å². The number of likely N-dealkylation sites (tertiary alicyclic amines) is 1. The van der Waals surface area contributed by atoms with Crippen molar-refractivity contribution in [2.45, 2.75) is 64.0 Å². The number of nitrogens with one attached hydrogen (secondary N) is 1. The molecule has 1 saturated carbocycles. The van der Waals surface area contributed by atoms with E-state index >= 15 is 0 Å². The minimum atomic E-state index is -2.46. The second-order valence-electron chi connectivity index (χ2n) is 7.28. The lowest BCUT2D eigenvalue weighted by Gasteiger charge is -2.38. The van der Waals surface area contributed by atoms with Gasteiger partial charge in [-0.3, -0.25) is 0 Å². The fourth-order valence-corrected chi connectivity index (χ4v) is 2.79. The Kier molecular flexibility index (Phi) is 4.76. The first-order valence-electron chi connectivity index (χ1n) is 7.74. The Labute approximate surface area is 125 Å². The molecule has 0 unspecified atom stereocenters. The van der Waals surface area contributed by atoms with Gasteiger partial charge in [0.1, 0.15) is 5.60 Å². The van der Waals surface area contributed by atoms with Crippen LogP contribution in [0, 0.1) is 5.92 Å². The van der Waals surface area contributed by atoms with Crippen LogP contribution in [0.4, 0.5) is 13.6 Å². The Hall–Kier alpha value is -0.910. The van der Waals surface area contributed by atoms with Gasteiger partial charge in [-0.25, -0.2) is 13.6 Å². The number of ether oxygens (including phenoxy) is 1. The van der Waals surface area contributed by atoms with E-state index in [-0.39, 0.29) is 25.0 Å². The van der Waals surface area contributed by atoms with Gasteiger partial charge in [0, 0.05) is 32.0 Å². The molecule has 0 spiro atoms. The maximum absolute atomic E-state index is 12.7. The highest BCUT2D eigenvalue weighted by Gasteiger charge is 2.45. The minimum absolute atomic E-state index is 0.0379. The summed E-state index contributed by atoms with van der Waals surface area (Å²) in [6.45, 7) is 7.70. The molecular formula is C15H26F2N2O2. The summed E-state index contributed by atoms with van der Waals surface area (Å²) in [5.74, 6) is -2.00. The second-order valence-corrected chi connectivity index (χ2v) is 7.28. The van der Waals surface area contributed by atoms with Gasteiger partial charge < -0.3 is 15.0 Å². The van der Waals surface area contributed by atoms with Gasteiger partial charge in [0.25, 0.3) is 5.92 Å². The lowest BCUT2D eigenvalue weighted by Crippen LogP contribution is -2.50. The number of carbonyl (C=O) groups excluding carboxylic acids is 1. The number of carbonyl (C=O) groups is 1. The van der Waals surface area contributed by atoms with Crippen LogP contribution in [0.2, 0.25) is 0 Å². The van der Waals surface area contributed by atoms with E-state index in [9.17, 15) is 13.6 Å². The molecule has 0 aromatic heterocycles. The second kappa shape index (κ2) is 6.07. The molecule has 2 aliphatic rings. The molecule has 0 radical (unpaired) electrons. The summed E-state index contributed by atoms with van der Waals surface area (Å²) < 4.78 is 30.8. The monoisotopic (exact) mass is 304 g/mol. The van der Waals surface area contributed by atoms with E-state index in [4.69, 9.17) is 4.74 Å². The van der Waals surface area contributed by atoms with E-state index in [1.807, 2.05) is 20.8 Å². The van der Waals surface area contributed by atoms with E-state index < -0.39 is 11.5 Å². The molecule has 1 aliphatic heterocycles. The van der Waals surface area contributed by atoms with E-state index in [1.54, 1.807) is 4.90 Å². The van der Waals surface area contributed by atoms with Crippen molar-refractivity contribution in [1.29, 1.82) is 0 Å². The van der Waals surface area contributed by atoms with Crippen molar-refractivity contribution in [2.75, 3.05) is 19.6 Å². The number of amides is 1. The van der Waals surface area contributed by atoms with Crippen molar-refractivity contribution in [3.05, 3.63) is 0 Å². The molecule has 6 heteroatoms. The molecule has 1 aliphatic carbocycles. The molecule has 4 nitrogen and oxygen atoms in total. The third kappa shape index (κ3) is 5.09. The van der Waals surface area contributed by atoms with E-state index in [2.05, 4.69) is 5.32 Å². The van der Waals surface area contributed by atoms with E-state index in [0.717, 1.165) is 19.4 Å². The number of rotatable bonds is 3. The van der Waals surface area contributed by atoms with Crippen LogP contribution in [0.3, 0.4) is 0 Å². The number of alkyl halides is 2. The molecule has 0 atom stereocenters. The molecule has 0 aromatic rings. The van der Waals surface area contributed by atoms with Gasteiger partial charge in [0.05, 0.1) is 0 Å². The minimum Gasteiger partial charge on any atom is -0.444 e. The lowest BCUT2D eigenvalue weighted by atomic mass is 9.87. The molecule has 1 N–H and O–H groups in total. The van der Waals surface area contributed by atoms with Crippen molar-refractivity contribution >= 4 is 6.09 Å². The van der Waals surface area contributed by atoms with Crippen LogP contribution in [0.1, 0.15) is 46.5 Å². The van der Waals surface area contributed by atoms with Crippen LogP contribution in [0.5, 0.6) is 0 Å². The zero-order valence-electron chi connectivity index (χ0n) is 13.1. The molecule has 1 heterocycles. The quantitative estimate of drug-likeness (QED) is 0.871. The number of nitrogens with zero attached hydrogens (tertiary/aromatic N) is 1. The maximum Gasteiger partial charge on any atom is 0.410 e. The number of piperidine rings is 1. The summed E-state index contributed by atoms with van der Waals surface area (Å²) in [6, 6.07) is -0.0381. The van der Waals surface area contributed by atoms with Crippen LogP contribution in [0.25, 0.3) is 0 Å². The van der Waals surface area contributed by atoms with Gasteiger partial charge in [-0.05, 0) is 46.1 Å². The summed E-state index contributed by atoms with van der Waals surface area (Å²) >= 11 is 0. The molecule has 2 rings (SSSR count). The summed E-state index contributed by atoms with van der Waals surface area (Å²) in [5, 5.41) is 3.21. The van der Waals surface area contributed by atoms with Gasteiger partial charge in [0.15, 0.2) is 0 Å². The Morgan fingerprint density at radius 1 is 1.29 bits per heavy atom. The lowest BCUT2D eigenvalue weighted by molar-refractivity contribution is -0.0934. The van der Waals surface area contributed by atoms with Crippen LogP contribution in [-0.4, -0.2) is 48.2 Å². The first-order valence-corrected chi connectivity index (χ1v) is 7.74. The molecule has 0 bridgehead atoms. The smallest absolute Gasteiger partial charge is 0.410 e. The van der Waals surface area contributed by atoms with Gasteiger partial charge in [-0.1, -0.05) is 0 Å². The highest BCUT2D eigenvalue weighted by atomic mass is 19.3. The molecular weight excluding hydrogens is 278 g/mol. The molecule has 2 fully saturated rings. The molecule has 122 valence electrons. The van der Waals surface area contributed by atoms with Crippen LogP contribution in [0.15, 0.2) is 0 Å². The summed E-state index contributed by atoms with van der Waals surface area (Å²) in [5.41, 5.74) is -0.467. The first kappa shape index (κ1) is 16.5. The Balaban J connectivity index is 1.63. The highest BCUT2D eigenvalue weighted by Crippen LogP contribution is 2.37. The average Bonchev–Trinajstić information content (AvgIpc) is 2.32. The van der Waals surface area contributed by atoms with E-state index in [0.29, 0.717) is 19.0 Å². The normalized spacial score (nSPS) is 23.8.